The van der Waals surface area contributed by atoms with Crippen LogP contribution in [0.1, 0.15) is 25.3 Å². The van der Waals surface area contributed by atoms with Gasteiger partial charge in [-0.15, -0.1) is 0 Å². The molecule has 6 nitrogen and oxygen atoms in total. The van der Waals surface area contributed by atoms with Gasteiger partial charge < -0.3 is 24.8 Å². The summed E-state index contributed by atoms with van der Waals surface area (Å²) in [5.74, 6) is 1.87. The van der Waals surface area contributed by atoms with Gasteiger partial charge in [-0.3, -0.25) is 4.99 Å². The topological polar surface area (TPSA) is 43.3 Å². The first-order valence-electron chi connectivity index (χ1n) is 10.2. The van der Waals surface area contributed by atoms with Gasteiger partial charge in [0.1, 0.15) is 5.75 Å². The fourth-order valence-corrected chi connectivity index (χ4v) is 3.25. The molecule has 0 unspecified atom stereocenters. The number of unbranched alkanes of at least 4 members (excludes halogenated alkanes) is 1. The number of nitrogens with zero attached hydrogens (tertiary/aromatic N) is 4. The van der Waals surface area contributed by atoms with Crippen LogP contribution in [0.25, 0.3) is 0 Å². The number of aliphatic imine (C=N–C) groups is 1. The average molecular weight is 376 g/mol. The van der Waals surface area contributed by atoms with Gasteiger partial charge in [-0.1, -0.05) is 12.1 Å². The van der Waals surface area contributed by atoms with E-state index >= 15 is 0 Å². The average Bonchev–Trinajstić information content (AvgIpc) is 2.69. The zero-order valence-electron chi connectivity index (χ0n) is 17.6. The quantitative estimate of drug-likeness (QED) is 0.407. The highest BCUT2D eigenvalue weighted by Crippen LogP contribution is 2.12. The van der Waals surface area contributed by atoms with Crippen molar-refractivity contribution in [1.29, 1.82) is 0 Å². The maximum Gasteiger partial charge on any atom is 0.193 e. The zero-order valence-corrected chi connectivity index (χ0v) is 17.6. The van der Waals surface area contributed by atoms with Crippen LogP contribution in [0.2, 0.25) is 0 Å². The molecule has 0 aliphatic carbocycles. The third-order valence-electron chi connectivity index (χ3n) is 5.02. The molecule has 1 heterocycles. The van der Waals surface area contributed by atoms with Crippen LogP contribution in [0.4, 0.5) is 0 Å². The van der Waals surface area contributed by atoms with E-state index in [1.807, 2.05) is 12.1 Å². The molecule has 1 N–H and O–H groups in total. The monoisotopic (exact) mass is 375 g/mol. The van der Waals surface area contributed by atoms with Crippen LogP contribution < -0.4 is 10.1 Å². The van der Waals surface area contributed by atoms with Gasteiger partial charge in [0, 0.05) is 52.9 Å². The molecule has 1 aromatic carbocycles. The molecule has 1 fully saturated rings. The number of hydrogen-bond acceptors (Lipinski definition) is 4. The molecule has 152 valence electrons. The Balaban J connectivity index is 1.74. The lowest BCUT2D eigenvalue weighted by Crippen LogP contribution is -2.44. The van der Waals surface area contributed by atoms with Crippen molar-refractivity contribution in [2.75, 3.05) is 67.0 Å². The molecule has 0 amide bonds. The lowest BCUT2D eigenvalue weighted by Gasteiger charge is -2.32. The first kappa shape index (κ1) is 21.5. The van der Waals surface area contributed by atoms with E-state index in [9.17, 15) is 0 Å². The Morgan fingerprint density at radius 3 is 2.48 bits per heavy atom. The molecular formula is C21H37N5O. The molecule has 0 aromatic heterocycles. The zero-order chi connectivity index (χ0) is 19.5. The van der Waals surface area contributed by atoms with Crippen LogP contribution in [0.3, 0.4) is 0 Å². The van der Waals surface area contributed by atoms with E-state index in [4.69, 9.17) is 9.73 Å². The summed E-state index contributed by atoms with van der Waals surface area (Å²) in [5, 5.41) is 3.41. The van der Waals surface area contributed by atoms with Crippen LogP contribution in [-0.2, 0) is 6.54 Å². The first-order valence-corrected chi connectivity index (χ1v) is 10.2. The molecule has 0 atom stereocenters. The predicted molar refractivity (Wildman–Crippen MR) is 114 cm³/mol. The second-order valence-electron chi connectivity index (χ2n) is 7.29. The minimum atomic E-state index is 0.830. The summed E-state index contributed by atoms with van der Waals surface area (Å²) in [5.41, 5.74) is 1.25. The Bertz CT molecular complexity index is 552. The largest absolute Gasteiger partial charge is 0.497 e. The van der Waals surface area contributed by atoms with Gasteiger partial charge >= 0.3 is 0 Å². The van der Waals surface area contributed by atoms with E-state index in [-0.39, 0.29) is 0 Å². The molecule has 1 aromatic rings. The van der Waals surface area contributed by atoms with Crippen LogP contribution in [0.5, 0.6) is 5.75 Å². The van der Waals surface area contributed by atoms with Crippen molar-refractivity contribution in [2.24, 2.45) is 4.99 Å². The molecule has 1 aliphatic heterocycles. The van der Waals surface area contributed by atoms with E-state index in [0.29, 0.717) is 0 Å². The summed E-state index contributed by atoms with van der Waals surface area (Å²) >= 11 is 0. The van der Waals surface area contributed by atoms with E-state index < -0.39 is 0 Å². The van der Waals surface area contributed by atoms with E-state index in [1.54, 1.807) is 7.11 Å². The van der Waals surface area contributed by atoms with Crippen molar-refractivity contribution in [2.45, 2.75) is 26.3 Å². The molecule has 0 bridgehead atoms. The highest BCUT2D eigenvalue weighted by Gasteiger charge is 2.12. The van der Waals surface area contributed by atoms with Crippen molar-refractivity contribution < 1.29 is 4.74 Å². The van der Waals surface area contributed by atoms with Crippen molar-refractivity contribution in [1.82, 2.24) is 20.0 Å². The number of ether oxygens (including phenoxy) is 1. The number of methoxy groups -OCH3 is 1. The van der Waals surface area contributed by atoms with Crippen LogP contribution in [0, 0.1) is 0 Å². The number of rotatable bonds is 9. The van der Waals surface area contributed by atoms with Gasteiger partial charge in [0.2, 0.25) is 0 Å². The normalized spacial score (nSPS) is 16.4. The van der Waals surface area contributed by atoms with E-state index in [1.165, 1.54) is 44.7 Å². The highest BCUT2D eigenvalue weighted by atomic mass is 16.5. The molecule has 1 aliphatic rings. The minimum absolute atomic E-state index is 0.830. The van der Waals surface area contributed by atoms with E-state index in [2.05, 4.69) is 53.2 Å². The van der Waals surface area contributed by atoms with E-state index in [0.717, 1.165) is 37.8 Å². The van der Waals surface area contributed by atoms with Gasteiger partial charge in [-0.25, -0.2) is 0 Å². The summed E-state index contributed by atoms with van der Waals surface area (Å²) in [7, 11) is 5.99. The second-order valence-corrected chi connectivity index (χ2v) is 7.29. The summed E-state index contributed by atoms with van der Waals surface area (Å²) < 4.78 is 5.23. The molecule has 6 heteroatoms. The fourth-order valence-electron chi connectivity index (χ4n) is 3.25. The Morgan fingerprint density at radius 2 is 1.85 bits per heavy atom. The van der Waals surface area contributed by atoms with Crippen LogP contribution in [-0.4, -0.2) is 87.7 Å². The van der Waals surface area contributed by atoms with Gasteiger partial charge in [0.15, 0.2) is 5.96 Å². The molecular weight excluding hydrogens is 338 g/mol. The summed E-state index contributed by atoms with van der Waals surface area (Å²) in [6.07, 6.45) is 2.35. The fraction of sp³-hybridized carbons (Fsp3) is 0.667. The van der Waals surface area contributed by atoms with Gasteiger partial charge in [0.25, 0.3) is 0 Å². The molecule has 27 heavy (non-hydrogen) atoms. The molecule has 0 radical (unpaired) electrons. The lowest BCUT2D eigenvalue weighted by atomic mass is 10.2. The third-order valence-corrected chi connectivity index (χ3v) is 5.02. The Kier molecular flexibility index (Phi) is 9.42. The number of nitrogens with one attached hydrogen (secondary N) is 1. The second kappa shape index (κ2) is 11.8. The first-order chi connectivity index (χ1) is 13.1. The highest BCUT2D eigenvalue weighted by molar-refractivity contribution is 5.79. The van der Waals surface area contributed by atoms with Crippen molar-refractivity contribution in [3.63, 3.8) is 0 Å². The standard InChI is InChI=1S/C21H37N5O/c1-5-22-21(25(3)18-19-8-10-20(27-4)11-9-19)23-12-6-7-13-26-16-14-24(2)15-17-26/h8-11H,5-7,12-18H2,1-4H3,(H,22,23). The van der Waals surface area contributed by atoms with Crippen molar-refractivity contribution >= 4 is 5.96 Å². The molecule has 2 rings (SSSR count). The maximum atomic E-state index is 5.23. The predicted octanol–water partition coefficient (Wildman–Crippen LogP) is 2.12. The lowest BCUT2D eigenvalue weighted by molar-refractivity contribution is 0.152. The van der Waals surface area contributed by atoms with Crippen molar-refractivity contribution in [3.05, 3.63) is 29.8 Å². The number of likely N-dealkylation sites (N-methyl/N-ethyl adjacent to an activating group) is 1. The Morgan fingerprint density at radius 1 is 1.15 bits per heavy atom. The smallest absolute Gasteiger partial charge is 0.193 e. The van der Waals surface area contributed by atoms with Crippen LogP contribution in [0.15, 0.2) is 29.3 Å². The Labute approximate surface area is 165 Å². The van der Waals surface area contributed by atoms with Gasteiger partial charge in [-0.05, 0) is 51.1 Å². The summed E-state index contributed by atoms with van der Waals surface area (Å²) in [6, 6.07) is 8.22. The Hall–Kier alpha value is -1.79. The maximum absolute atomic E-state index is 5.23. The summed E-state index contributed by atoms with van der Waals surface area (Å²) in [4.78, 5) is 12.0. The van der Waals surface area contributed by atoms with Crippen LogP contribution >= 0.6 is 0 Å². The molecule has 0 saturated carbocycles. The third kappa shape index (κ3) is 7.77. The minimum Gasteiger partial charge on any atom is -0.497 e. The van der Waals surface area contributed by atoms with Crippen molar-refractivity contribution in [3.8, 4) is 5.75 Å². The number of hydrogen-bond donors (Lipinski definition) is 1. The number of guanidine groups is 1. The molecule has 0 spiro atoms. The van der Waals surface area contributed by atoms with Gasteiger partial charge in [0.05, 0.1) is 7.11 Å². The van der Waals surface area contributed by atoms with Gasteiger partial charge in [-0.2, -0.15) is 0 Å². The SMILES string of the molecule is CCNC(=NCCCCN1CCN(C)CC1)N(C)Cc1ccc(OC)cc1. The number of piperazine rings is 1. The molecule has 1 saturated heterocycles. The number of benzene rings is 1. The summed E-state index contributed by atoms with van der Waals surface area (Å²) in [6.45, 7) is 10.7.